The van der Waals surface area contributed by atoms with Crippen LogP contribution < -0.4 is 0 Å². The quantitative estimate of drug-likeness (QED) is 0.812. The maximum absolute atomic E-state index is 12.6. The van der Waals surface area contributed by atoms with Crippen LogP contribution in [0.2, 0.25) is 5.02 Å². The Morgan fingerprint density at radius 3 is 2.44 bits per heavy atom. The molecule has 1 amide bonds. The van der Waals surface area contributed by atoms with E-state index in [4.69, 9.17) is 16.3 Å². The van der Waals surface area contributed by atoms with Crippen LogP contribution in [0.15, 0.2) is 48.8 Å². The number of benzene rings is 1. The summed E-state index contributed by atoms with van der Waals surface area (Å²) in [6.07, 6.45) is 5.44. The van der Waals surface area contributed by atoms with Crippen LogP contribution in [-0.4, -0.2) is 59.5 Å². The maximum atomic E-state index is 12.6. The molecule has 0 saturated carbocycles. The van der Waals surface area contributed by atoms with Crippen LogP contribution in [0.1, 0.15) is 34.9 Å². The Morgan fingerprint density at radius 2 is 1.74 bits per heavy atom. The number of amides is 1. The van der Waals surface area contributed by atoms with Crippen molar-refractivity contribution in [3.8, 4) is 0 Å². The SMILES string of the molecule is O=C(c1ccncc1)N1CCC(N2CCOC(c3ccc(Cl)cc3)C2)CC1. The lowest BCUT2D eigenvalue weighted by atomic mass is 10.00. The van der Waals surface area contributed by atoms with Crippen molar-refractivity contribution in [1.82, 2.24) is 14.8 Å². The average molecular weight is 386 g/mol. The predicted octanol–water partition coefficient (Wildman–Crippen LogP) is 3.41. The number of rotatable bonds is 3. The summed E-state index contributed by atoms with van der Waals surface area (Å²) in [6, 6.07) is 12.0. The summed E-state index contributed by atoms with van der Waals surface area (Å²) in [5, 5.41) is 0.748. The Balaban J connectivity index is 1.34. The number of hydrogen-bond donors (Lipinski definition) is 0. The molecule has 1 atom stereocenters. The van der Waals surface area contributed by atoms with Crippen LogP contribution >= 0.6 is 11.6 Å². The number of nitrogens with zero attached hydrogens (tertiary/aromatic N) is 3. The first-order valence-corrected chi connectivity index (χ1v) is 9.89. The topological polar surface area (TPSA) is 45.7 Å². The second-order valence-electron chi connectivity index (χ2n) is 7.17. The molecule has 0 bridgehead atoms. The molecule has 0 N–H and O–H groups in total. The summed E-state index contributed by atoms with van der Waals surface area (Å²) < 4.78 is 5.99. The third-order valence-electron chi connectivity index (χ3n) is 5.54. The van der Waals surface area contributed by atoms with Gasteiger partial charge in [-0.2, -0.15) is 0 Å². The first-order chi connectivity index (χ1) is 13.2. The molecule has 2 aliphatic heterocycles. The van der Waals surface area contributed by atoms with Gasteiger partial charge in [-0.05, 0) is 42.7 Å². The molecule has 3 heterocycles. The minimum Gasteiger partial charge on any atom is -0.371 e. The number of piperidine rings is 1. The molecule has 2 aromatic rings. The number of carbonyl (C=O) groups is 1. The number of ether oxygens (including phenoxy) is 1. The number of pyridine rings is 1. The molecule has 0 radical (unpaired) electrons. The van der Waals surface area contributed by atoms with Crippen LogP contribution in [0.5, 0.6) is 0 Å². The van der Waals surface area contributed by atoms with E-state index in [0.29, 0.717) is 6.04 Å². The number of aromatic nitrogens is 1. The fourth-order valence-corrected chi connectivity index (χ4v) is 4.12. The normalized spacial score (nSPS) is 22.0. The molecule has 2 aliphatic rings. The lowest BCUT2D eigenvalue weighted by molar-refractivity contribution is -0.0525. The van der Waals surface area contributed by atoms with Gasteiger partial charge in [0.25, 0.3) is 5.91 Å². The zero-order valence-corrected chi connectivity index (χ0v) is 16.0. The highest BCUT2D eigenvalue weighted by molar-refractivity contribution is 6.30. The predicted molar refractivity (Wildman–Crippen MR) is 105 cm³/mol. The Labute approximate surface area is 164 Å². The molecule has 0 aliphatic carbocycles. The number of likely N-dealkylation sites (tertiary alicyclic amines) is 1. The second-order valence-corrected chi connectivity index (χ2v) is 7.60. The van der Waals surface area contributed by atoms with E-state index in [9.17, 15) is 4.79 Å². The summed E-state index contributed by atoms with van der Waals surface area (Å²) in [5.41, 5.74) is 1.90. The van der Waals surface area contributed by atoms with Crippen molar-refractivity contribution in [2.24, 2.45) is 0 Å². The molecular formula is C21H24ClN3O2. The monoisotopic (exact) mass is 385 g/mol. The van der Waals surface area contributed by atoms with Crippen molar-refractivity contribution in [2.75, 3.05) is 32.8 Å². The zero-order valence-electron chi connectivity index (χ0n) is 15.3. The lowest BCUT2D eigenvalue weighted by Gasteiger charge is -2.42. The minimum atomic E-state index is 0.0903. The number of halogens is 1. The molecule has 142 valence electrons. The molecule has 4 rings (SSSR count). The molecule has 5 nitrogen and oxygen atoms in total. The average Bonchev–Trinajstić information content (AvgIpc) is 2.75. The fourth-order valence-electron chi connectivity index (χ4n) is 3.99. The maximum Gasteiger partial charge on any atom is 0.253 e. The van der Waals surface area contributed by atoms with Crippen molar-refractivity contribution < 1.29 is 9.53 Å². The minimum absolute atomic E-state index is 0.0903. The fraction of sp³-hybridized carbons (Fsp3) is 0.429. The summed E-state index contributed by atoms with van der Waals surface area (Å²) in [4.78, 5) is 21.1. The van der Waals surface area contributed by atoms with E-state index in [1.807, 2.05) is 29.2 Å². The number of hydrogen-bond acceptors (Lipinski definition) is 4. The van der Waals surface area contributed by atoms with Crippen molar-refractivity contribution in [1.29, 1.82) is 0 Å². The van der Waals surface area contributed by atoms with Gasteiger partial charge in [0.05, 0.1) is 12.7 Å². The number of carbonyl (C=O) groups excluding carboxylic acids is 1. The van der Waals surface area contributed by atoms with Gasteiger partial charge in [-0.1, -0.05) is 23.7 Å². The molecule has 0 spiro atoms. The van der Waals surface area contributed by atoms with E-state index < -0.39 is 0 Å². The van der Waals surface area contributed by atoms with E-state index in [2.05, 4.69) is 9.88 Å². The number of morpholine rings is 1. The molecular weight excluding hydrogens is 362 g/mol. The first-order valence-electron chi connectivity index (χ1n) is 9.51. The van der Waals surface area contributed by atoms with Gasteiger partial charge in [-0.3, -0.25) is 14.7 Å². The van der Waals surface area contributed by atoms with Crippen LogP contribution in [0, 0.1) is 0 Å². The summed E-state index contributed by atoms with van der Waals surface area (Å²) in [5.74, 6) is 0.108. The molecule has 2 fully saturated rings. The van der Waals surface area contributed by atoms with E-state index in [-0.39, 0.29) is 12.0 Å². The largest absolute Gasteiger partial charge is 0.371 e. The molecule has 27 heavy (non-hydrogen) atoms. The summed E-state index contributed by atoms with van der Waals surface area (Å²) in [6.45, 7) is 4.19. The van der Waals surface area contributed by atoms with Crippen molar-refractivity contribution in [3.63, 3.8) is 0 Å². The van der Waals surface area contributed by atoms with Crippen LogP contribution in [0.3, 0.4) is 0 Å². The third kappa shape index (κ3) is 4.32. The van der Waals surface area contributed by atoms with E-state index in [0.717, 1.165) is 56.2 Å². The van der Waals surface area contributed by atoms with Crippen LogP contribution in [0.4, 0.5) is 0 Å². The Hall–Kier alpha value is -1.95. The molecule has 1 unspecified atom stereocenters. The van der Waals surface area contributed by atoms with Gasteiger partial charge in [0.2, 0.25) is 0 Å². The smallest absolute Gasteiger partial charge is 0.253 e. The van der Waals surface area contributed by atoms with Crippen molar-refractivity contribution >= 4 is 17.5 Å². The molecule has 2 saturated heterocycles. The lowest BCUT2D eigenvalue weighted by Crippen LogP contribution is -2.50. The first kappa shape index (κ1) is 18.4. The summed E-state index contributed by atoms with van der Waals surface area (Å²) >= 11 is 6.00. The van der Waals surface area contributed by atoms with Gasteiger partial charge in [0.15, 0.2) is 0 Å². The van der Waals surface area contributed by atoms with Crippen LogP contribution in [0.25, 0.3) is 0 Å². The summed E-state index contributed by atoms with van der Waals surface area (Å²) in [7, 11) is 0. The van der Waals surface area contributed by atoms with Gasteiger partial charge >= 0.3 is 0 Å². The van der Waals surface area contributed by atoms with Crippen LogP contribution in [-0.2, 0) is 4.74 Å². The highest BCUT2D eigenvalue weighted by atomic mass is 35.5. The van der Waals surface area contributed by atoms with Crippen molar-refractivity contribution in [3.05, 3.63) is 64.9 Å². The standard InChI is InChI=1S/C21H24ClN3O2/c22-18-3-1-16(2-4-18)20-15-25(13-14-27-20)19-7-11-24(12-8-19)21(26)17-5-9-23-10-6-17/h1-6,9-10,19-20H,7-8,11-15H2. The van der Waals surface area contributed by atoms with E-state index >= 15 is 0 Å². The van der Waals surface area contributed by atoms with Gasteiger partial charge in [-0.15, -0.1) is 0 Å². The van der Waals surface area contributed by atoms with Crippen molar-refractivity contribution in [2.45, 2.75) is 25.0 Å². The Kier molecular flexibility index (Phi) is 5.72. The van der Waals surface area contributed by atoms with E-state index in [1.54, 1.807) is 24.5 Å². The van der Waals surface area contributed by atoms with E-state index in [1.165, 1.54) is 5.56 Å². The molecule has 1 aromatic carbocycles. The Morgan fingerprint density at radius 1 is 1.04 bits per heavy atom. The highest BCUT2D eigenvalue weighted by Gasteiger charge is 2.31. The van der Waals surface area contributed by atoms with Gasteiger partial charge in [0.1, 0.15) is 0 Å². The zero-order chi connectivity index (χ0) is 18.6. The van der Waals surface area contributed by atoms with Gasteiger partial charge in [0, 0.05) is 55.2 Å². The second kappa shape index (κ2) is 8.38. The molecule has 1 aromatic heterocycles. The van der Waals surface area contributed by atoms with Gasteiger partial charge < -0.3 is 9.64 Å². The highest BCUT2D eigenvalue weighted by Crippen LogP contribution is 2.27. The third-order valence-corrected chi connectivity index (χ3v) is 5.79. The Bertz CT molecular complexity index is 761. The molecule has 6 heteroatoms. The van der Waals surface area contributed by atoms with Gasteiger partial charge in [-0.25, -0.2) is 0 Å².